The summed E-state index contributed by atoms with van der Waals surface area (Å²) in [6.45, 7) is 0.812. The first-order chi connectivity index (χ1) is 11.3. The van der Waals surface area contributed by atoms with Crippen molar-refractivity contribution < 1.29 is 0 Å². The molecule has 1 aliphatic carbocycles. The molecular formula is C20H16N2O. The van der Waals surface area contributed by atoms with Crippen LogP contribution < -0.4 is 5.43 Å². The van der Waals surface area contributed by atoms with Crippen molar-refractivity contribution in [3.8, 4) is 11.4 Å². The molecule has 0 saturated carbocycles. The first-order valence-corrected chi connectivity index (χ1v) is 7.74. The first kappa shape index (κ1) is 13.7. The predicted octanol–water partition coefficient (Wildman–Crippen LogP) is 3.74. The first-order valence-electron chi connectivity index (χ1n) is 7.74. The maximum Gasteiger partial charge on any atom is 0.180 e. The summed E-state index contributed by atoms with van der Waals surface area (Å²) in [7, 11) is 0. The summed E-state index contributed by atoms with van der Waals surface area (Å²) < 4.78 is 2.20. The fraction of sp³-hybridized carbons (Fsp3) is 0.100. The van der Waals surface area contributed by atoms with Crippen molar-refractivity contribution in [2.24, 2.45) is 0 Å². The smallest absolute Gasteiger partial charge is 0.180 e. The van der Waals surface area contributed by atoms with Crippen LogP contribution in [0.15, 0.2) is 77.6 Å². The lowest BCUT2D eigenvalue weighted by Gasteiger charge is -2.18. The van der Waals surface area contributed by atoms with E-state index < -0.39 is 0 Å². The summed E-state index contributed by atoms with van der Waals surface area (Å²) >= 11 is 0. The minimum Gasteiger partial charge on any atom is -0.338 e. The van der Waals surface area contributed by atoms with E-state index in [1.807, 2.05) is 30.3 Å². The lowest BCUT2D eigenvalue weighted by molar-refractivity contribution is 0.719. The Hall–Kier alpha value is -2.94. The number of rotatable bonds is 3. The van der Waals surface area contributed by atoms with E-state index >= 15 is 0 Å². The Morgan fingerprint density at radius 2 is 1.65 bits per heavy atom. The highest BCUT2D eigenvalue weighted by Gasteiger charge is 2.12. The van der Waals surface area contributed by atoms with Crippen LogP contribution in [0.4, 0.5) is 0 Å². The van der Waals surface area contributed by atoms with Crippen LogP contribution in [-0.4, -0.2) is 9.55 Å². The summed E-state index contributed by atoms with van der Waals surface area (Å²) in [5, 5.41) is 0. The second-order valence-corrected chi connectivity index (χ2v) is 5.64. The molecule has 2 aliphatic rings. The van der Waals surface area contributed by atoms with Gasteiger partial charge in [-0.25, -0.2) is 4.98 Å². The van der Waals surface area contributed by atoms with Gasteiger partial charge in [-0.15, -0.1) is 0 Å². The molecule has 0 unspecified atom stereocenters. The Kier molecular flexibility index (Phi) is 3.39. The van der Waals surface area contributed by atoms with Gasteiger partial charge in [-0.2, -0.15) is 0 Å². The fourth-order valence-electron chi connectivity index (χ4n) is 2.99. The number of fused-ring (bicyclic) bond motifs is 2. The predicted molar refractivity (Wildman–Crippen MR) is 92.8 cm³/mol. The van der Waals surface area contributed by atoms with E-state index in [1.165, 1.54) is 5.56 Å². The molecule has 0 atom stereocenters. The highest BCUT2D eigenvalue weighted by atomic mass is 16.1. The Labute approximate surface area is 134 Å². The van der Waals surface area contributed by atoms with Crippen LogP contribution in [0.5, 0.6) is 0 Å². The summed E-state index contributed by atoms with van der Waals surface area (Å²) in [6.07, 6.45) is 0.914. The second-order valence-electron chi connectivity index (χ2n) is 5.64. The van der Waals surface area contributed by atoms with Gasteiger partial charge in [0.2, 0.25) is 0 Å². The molecule has 4 rings (SSSR count). The van der Waals surface area contributed by atoms with Gasteiger partial charge in [0.15, 0.2) is 5.43 Å². The van der Waals surface area contributed by atoms with Crippen molar-refractivity contribution in [2.45, 2.75) is 13.0 Å². The molecular weight excluding hydrogens is 284 g/mol. The molecule has 3 heteroatoms. The third-order valence-corrected chi connectivity index (χ3v) is 4.12. The third-order valence-electron chi connectivity index (χ3n) is 4.12. The van der Waals surface area contributed by atoms with Crippen LogP contribution in [0.2, 0.25) is 0 Å². The zero-order valence-corrected chi connectivity index (χ0v) is 12.6. The van der Waals surface area contributed by atoms with Crippen molar-refractivity contribution in [3.05, 3.63) is 88.6 Å². The minimum absolute atomic E-state index is 0.0167. The second kappa shape index (κ2) is 5.69. The number of hydrogen-bond acceptors (Lipinski definition) is 2. The minimum atomic E-state index is 0.0167. The standard InChI is InChI=1S/C20H16N2O/c23-16-10-11-18-20(14-16)22(13-12-15-6-2-1-3-7-15)19-9-5-4-8-17(19)21-18/h1-11,14H,12-13H2. The van der Waals surface area contributed by atoms with Gasteiger partial charge in [0, 0.05) is 12.6 Å². The average Bonchev–Trinajstić information content (AvgIpc) is 2.60. The molecule has 112 valence electrons. The summed E-state index contributed by atoms with van der Waals surface area (Å²) in [4.78, 5) is 16.5. The van der Waals surface area contributed by atoms with Gasteiger partial charge >= 0.3 is 0 Å². The molecule has 23 heavy (non-hydrogen) atoms. The van der Waals surface area contributed by atoms with E-state index in [0.29, 0.717) is 0 Å². The van der Waals surface area contributed by atoms with Gasteiger partial charge in [-0.3, -0.25) is 4.79 Å². The molecule has 0 spiro atoms. The SMILES string of the molecule is O=c1ccc2nc3ccccc3n(CCc3ccccc3)c-2c1. The quantitative estimate of drug-likeness (QED) is 0.540. The van der Waals surface area contributed by atoms with E-state index in [-0.39, 0.29) is 5.43 Å². The number of nitrogens with zero attached hydrogens (tertiary/aromatic N) is 2. The van der Waals surface area contributed by atoms with Gasteiger partial charge in [0.1, 0.15) is 0 Å². The zero-order chi connectivity index (χ0) is 15.6. The van der Waals surface area contributed by atoms with Crippen LogP contribution in [0.25, 0.3) is 22.4 Å². The lowest BCUT2D eigenvalue weighted by atomic mass is 10.1. The monoisotopic (exact) mass is 300 g/mol. The van der Waals surface area contributed by atoms with Crippen molar-refractivity contribution in [1.29, 1.82) is 0 Å². The van der Waals surface area contributed by atoms with Gasteiger partial charge in [-0.1, -0.05) is 42.5 Å². The van der Waals surface area contributed by atoms with Gasteiger partial charge < -0.3 is 4.57 Å². The van der Waals surface area contributed by atoms with Gasteiger partial charge in [-0.05, 0) is 36.2 Å². The van der Waals surface area contributed by atoms with E-state index in [2.05, 4.69) is 39.9 Å². The molecule has 0 bridgehead atoms. The Balaban J connectivity index is 1.87. The van der Waals surface area contributed by atoms with E-state index in [4.69, 9.17) is 0 Å². The molecule has 0 N–H and O–H groups in total. The fourth-order valence-corrected chi connectivity index (χ4v) is 2.99. The van der Waals surface area contributed by atoms with Crippen LogP contribution in [0.3, 0.4) is 0 Å². The maximum absolute atomic E-state index is 11.8. The van der Waals surface area contributed by atoms with Crippen LogP contribution in [0.1, 0.15) is 5.56 Å². The molecule has 2 aromatic carbocycles. The Morgan fingerprint density at radius 3 is 2.52 bits per heavy atom. The third kappa shape index (κ3) is 2.61. The van der Waals surface area contributed by atoms with Crippen LogP contribution in [-0.2, 0) is 13.0 Å². The number of benzene rings is 3. The largest absolute Gasteiger partial charge is 0.338 e. The molecule has 1 heterocycles. The highest BCUT2D eigenvalue weighted by Crippen LogP contribution is 2.24. The van der Waals surface area contributed by atoms with Crippen molar-refractivity contribution in [3.63, 3.8) is 0 Å². The topological polar surface area (TPSA) is 34.9 Å². The number of aromatic nitrogens is 2. The molecule has 3 nitrogen and oxygen atoms in total. The van der Waals surface area contributed by atoms with Crippen LogP contribution >= 0.6 is 0 Å². The lowest BCUT2D eigenvalue weighted by Crippen LogP contribution is -2.12. The molecule has 1 aliphatic heterocycles. The summed E-state index contributed by atoms with van der Waals surface area (Å²) in [5.74, 6) is 0. The highest BCUT2D eigenvalue weighted by molar-refractivity contribution is 5.80. The van der Waals surface area contributed by atoms with Gasteiger partial charge in [0.25, 0.3) is 0 Å². The zero-order valence-electron chi connectivity index (χ0n) is 12.6. The molecule has 0 amide bonds. The Morgan fingerprint density at radius 1 is 0.870 bits per heavy atom. The Bertz CT molecular complexity index is 989. The molecule has 2 aromatic rings. The van der Waals surface area contributed by atoms with Crippen LogP contribution in [0, 0.1) is 0 Å². The van der Waals surface area contributed by atoms with E-state index in [1.54, 1.807) is 12.1 Å². The van der Waals surface area contributed by atoms with E-state index in [0.717, 1.165) is 35.4 Å². The molecule has 0 fully saturated rings. The maximum atomic E-state index is 11.8. The normalized spacial score (nSPS) is 11.1. The summed E-state index contributed by atoms with van der Waals surface area (Å²) in [5.41, 5.74) is 5.06. The summed E-state index contributed by atoms with van der Waals surface area (Å²) in [6, 6.07) is 23.5. The molecule has 0 aromatic heterocycles. The van der Waals surface area contributed by atoms with Crippen molar-refractivity contribution >= 4 is 11.0 Å². The molecule has 0 saturated heterocycles. The number of para-hydroxylation sites is 2. The number of hydrogen-bond donors (Lipinski definition) is 0. The van der Waals surface area contributed by atoms with E-state index in [9.17, 15) is 4.79 Å². The van der Waals surface area contributed by atoms with Crippen molar-refractivity contribution in [2.75, 3.05) is 0 Å². The number of aryl methyl sites for hydroxylation is 2. The average molecular weight is 300 g/mol. The van der Waals surface area contributed by atoms with Crippen molar-refractivity contribution in [1.82, 2.24) is 9.55 Å². The van der Waals surface area contributed by atoms with Gasteiger partial charge in [0.05, 0.1) is 22.4 Å². The molecule has 0 radical (unpaired) electrons.